The van der Waals surface area contributed by atoms with Crippen molar-refractivity contribution in [1.29, 1.82) is 0 Å². The smallest absolute Gasteiger partial charge is 0.196 e. The van der Waals surface area contributed by atoms with Gasteiger partial charge in [0.1, 0.15) is 0 Å². The monoisotopic (exact) mass is 186 g/mol. The Morgan fingerprint density at radius 1 is 1.54 bits per heavy atom. The van der Waals surface area contributed by atoms with Crippen LogP contribution in [-0.2, 0) is 12.1 Å². The zero-order valence-corrected chi connectivity index (χ0v) is 8.22. The number of nitrogens with two attached hydrogens (primary N) is 1. The average Bonchev–Trinajstić information content (AvgIpc) is 2.30. The van der Waals surface area contributed by atoms with Crippen molar-refractivity contribution in [1.82, 2.24) is 4.98 Å². The van der Waals surface area contributed by atoms with E-state index in [9.17, 15) is 4.39 Å². The molecule has 0 aliphatic heterocycles. The summed E-state index contributed by atoms with van der Waals surface area (Å²) in [7, 11) is 0. The quantitative estimate of drug-likeness (QED) is 0.781. The van der Waals surface area contributed by atoms with E-state index in [0.29, 0.717) is 30.3 Å². The molecule has 0 unspecified atom stereocenters. The van der Waals surface area contributed by atoms with Gasteiger partial charge in [-0.3, -0.25) is 0 Å². The van der Waals surface area contributed by atoms with Crippen LogP contribution >= 0.6 is 0 Å². The molecule has 0 saturated carbocycles. The third-order valence-electron chi connectivity index (χ3n) is 1.74. The Balaban J connectivity index is 2.96. The van der Waals surface area contributed by atoms with E-state index < -0.39 is 5.67 Å². The fourth-order valence-electron chi connectivity index (χ4n) is 1.23. The van der Waals surface area contributed by atoms with E-state index in [1.165, 1.54) is 13.8 Å². The molecule has 0 aliphatic rings. The summed E-state index contributed by atoms with van der Waals surface area (Å²) in [5, 5.41) is 0. The molecule has 2 N–H and O–H groups in total. The van der Waals surface area contributed by atoms with Gasteiger partial charge in [-0.2, -0.15) is 0 Å². The van der Waals surface area contributed by atoms with Crippen LogP contribution in [-0.4, -0.2) is 11.5 Å². The van der Waals surface area contributed by atoms with Crippen LogP contribution in [0.2, 0.25) is 0 Å². The first-order valence-corrected chi connectivity index (χ1v) is 4.31. The summed E-state index contributed by atoms with van der Waals surface area (Å²) in [6.45, 7) is 5.10. The van der Waals surface area contributed by atoms with Gasteiger partial charge >= 0.3 is 0 Å². The molecule has 74 valence electrons. The summed E-state index contributed by atoms with van der Waals surface area (Å²) in [5.74, 6) is 0.816. The number of oxazole rings is 1. The Kier molecular flexibility index (Phi) is 2.71. The van der Waals surface area contributed by atoms with Crippen LogP contribution < -0.4 is 5.73 Å². The van der Waals surface area contributed by atoms with Crippen LogP contribution in [0.15, 0.2) is 4.42 Å². The predicted molar refractivity (Wildman–Crippen MR) is 48.1 cm³/mol. The standard InChI is InChI=1S/C9H15FN2O/c1-6-8(9(2,3)10)13-7(12-6)4-5-11/h4-5,11H2,1-3H3. The molecule has 13 heavy (non-hydrogen) atoms. The average molecular weight is 186 g/mol. The van der Waals surface area contributed by atoms with Gasteiger partial charge in [0.25, 0.3) is 0 Å². The molecule has 0 aromatic carbocycles. The fourth-order valence-corrected chi connectivity index (χ4v) is 1.23. The number of hydrogen-bond acceptors (Lipinski definition) is 3. The van der Waals surface area contributed by atoms with Gasteiger partial charge in [-0.25, -0.2) is 9.37 Å². The van der Waals surface area contributed by atoms with E-state index in [0.717, 1.165) is 0 Å². The maximum atomic E-state index is 13.5. The van der Waals surface area contributed by atoms with Gasteiger partial charge in [0.05, 0.1) is 5.69 Å². The summed E-state index contributed by atoms with van der Waals surface area (Å²) < 4.78 is 18.7. The summed E-state index contributed by atoms with van der Waals surface area (Å²) in [4.78, 5) is 4.08. The van der Waals surface area contributed by atoms with Crippen LogP contribution in [0.3, 0.4) is 0 Å². The summed E-state index contributed by atoms with van der Waals surface area (Å²) in [5.41, 5.74) is 4.47. The van der Waals surface area contributed by atoms with E-state index in [4.69, 9.17) is 10.2 Å². The molecule has 0 amide bonds. The molecule has 4 heteroatoms. The van der Waals surface area contributed by atoms with Gasteiger partial charge in [0.15, 0.2) is 17.3 Å². The van der Waals surface area contributed by atoms with E-state index in [1.807, 2.05) is 0 Å². The lowest BCUT2D eigenvalue weighted by Crippen LogP contribution is -2.09. The van der Waals surface area contributed by atoms with Gasteiger partial charge in [-0.05, 0) is 20.8 Å². The molecule has 0 fully saturated rings. The molecular formula is C9H15FN2O. The first-order chi connectivity index (χ1) is 5.95. The third-order valence-corrected chi connectivity index (χ3v) is 1.74. The van der Waals surface area contributed by atoms with Crippen molar-refractivity contribution in [3.8, 4) is 0 Å². The van der Waals surface area contributed by atoms with Crippen LogP contribution in [0.5, 0.6) is 0 Å². The first kappa shape index (κ1) is 10.2. The summed E-state index contributed by atoms with van der Waals surface area (Å²) in [6, 6.07) is 0. The molecule has 1 rings (SSSR count). The molecule has 0 atom stereocenters. The molecule has 0 spiro atoms. The maximum absolute atomic E-state index is 13.5. The molecule has 1 aromatic rings. The van der Waals surface area contributed by atoms with Crippen LogP contribution in [0.4, 0.5) is 4.39 Å². The number of aromatic nitrogens is 1. The number of hydrogen-bond donors (Lipinski definition) is 1. The van der Waals surface area contributed by atoms with Gasteiger partial charge < -0.3 is 10.2 Å². The van der Waals surface area contributed by atoms with Gasteiger partial charge in [0.2, 0.25) is 0 Å². The SMILES string of the molecule is Cc1nc(CCN)oc1C(C)(C)F. The molecule has 3 nitrogen and oxygen atoms in total. The van der Waals surface area contributed by atoms with Crippen molar-refractivity contribution in [3.63, 3.8) is 0 Å². The highest BCUT2D eigenvalue weighted by Crippen LogP contribution is 2.28. The van der Waals surface area contributed by atoms with E-state index in [2.05, 4.69) is 4.98 Å². The summed E-state index contributed by atoms with van der Waals surface area (Å²) in [6.07, 6.45) is 0.553. The second kappa shape index (κ2) is 3.46. The van der Waals surface area contributed by atoms with Crippen LogP contribution in [0.25, 0.3) is 0 Å². The second-order valence-electron chi connectivity index (χ2n) is 3.53. The Hall–Kier alpha value is -0.900. The molecular weight excluding hydrogens is 171 g/mol. The van der Waals surface area contributed by atoms with Crippen molar-refractivity contribution >= 4 is 0 Å². The van der Waals surface area contributed by atoms with Crippen molar-refractivity contribution in [2.24, 2.45) is 5.73 Å². The highest BCUT2D eigenvalue weighted by atomic mass is 19.1. The van der Waals surface area contributed by atoms with E-state index in [1.54, 1.807) is 6.92 Å². The lowest BCUT2D eigenvalue weighted by Gasteiger charge is -2.10. The van der Waals surface area contributed by atoms with Crippen molar-refractivity contribution in [3.05, 3.63) is 17.3 Å². The largest absolute Gasteiger partial charge is 0.442 e. The molecule has 1 heterocycles. The topological polar surface area (TPSA) is 52.0 Å². The lowest BCUT2D eigenvalue weighted by atomic mass is 10.1. The van der Waals surface area contributed by atoms with E-state index in [-0.39, 0.29) is 0 Å². The molecule has 0 bridgehead atoms. The minimum Gasteiger partial charge on any atom is -0.442 e. The Morgan fingerprint density at radius 3 is 2.54 bits per heavy atom. The molecule has 0 radical (unpaired) electrons. The van der Waals surface area contributed by atoms with Gasteiger partial charge in [-0.15, -0.1) is 0 Å². The number of nitrogens with zero attached hydrogens (tertiary/aromatic N) is 1. The number of aryl methyl sites for hydroxylation is 1. The minimum atomic E-state index is -1.47. The normalized spacial score (nSPS) is 12.1. The number of alkyl halides is 1. The number of rotatable bonds is 3. The maximum Gasteiger partial charge on any atom is 0.196 e. The zero-order valence-electron chi connectivity index (χ0n) is 8.22. The molecule has 0 aliphatic carbocycles. The Morgan fingerprint density at radius 2 is 2.15 bits per heavy atom. The van der Waals surface area contributed by atoms with Crippen molar-refractivity contribution in [2.75, 3.05) is 6.54 Å². The van der Waals surface area contributed by atoms with E-state index >= 15 is 0 Å². The predicted octanol–water partition coefficient (Wildman–Crippen LogP) is 1.69. The lowest BCUT2D eigenvalue weighted by molar-refractivity contribution is 0.174. The Labute approximate surface area is 77.1 Å². The Bertz CT molecular complexity index is 288. The first-order valence-electron chi connectivity index (χ1n) is 4.31. The molecule has 0 saturated heterocycles. The fraction of sp³-hybridized carbons (Fsp3) is 0.667. The highest BCUT2D eigenvalue weighted by Gasteiger charge is 2.27. The second-order valence-corrected chi connectivity index (χ2v) is 3.53. The zero-order chi connectivity index (χ0) is 10.1. The highest BCUT2D eigenvalue weighted by molar-refractivity contribution is 5.14. The van der Waals surface area contributed by atoms with Crippen LogP contribution in [0.1, 0.15) is 31.2 Å². The molecule has 1 aromatic heterocycles. The summed E-state index contributed by atoms with van der Waals surface area (Å²) >= 11 is 0. The van der Waals surface area contributed by atoms with Gasteiger partial charge in [-0.1, -0.05) is 0 Å². The number of halogens is 1. The van der Waals surface area contributed by atoms with Crippen molar-refractivity contribution in [2.45, 2.75) is 32.9 Å². The minimum absolute atomic E-state index is 0.302. The van der Waals surface area contributed by atoms with Crippen LogP contribution in [0, 0.1) is 6.92 Å². The third kappa shape index (κ3) is 2.28. The van der Waals surface area contributed by atoms with Crippen molar-refractivity contribution < 1.29 is 8.81 Å². The van der Waals surface area contributed by atoms with Gasteiger partial charge in [0, 0.05) is 13.0 Å².